The van der Waals surface area contributed by atoms with E-state index < -0.39 is 0 Å². The zero-order valence-electron chi connectivity index (χ0n) is 12.3. The first-order chi connectivity index (χ1) is 10.2. The molecular weight excluding hydrogens is 284 g/mol. The summed E-state index contributed by atoms with van der Waals surface area (Å²) < 4.78 is 0. The zero-order chi connectivity index (χ0) is 14.7. The Hall–Kier alpha value is -1.06. The van der Waals surface area contributed by atoms with E-state index in [1.54, 1.807) is 12.1 Å². The molecule has 0 bridgehead atoms. The number of carbonyl (C=O) groups is 1. The van der Waals surface area contributed by atoms with Crippen molar-refractivity contribution in [2.45, 2.75) is 56.5 Å². The molecule has 114 valence electrons. The van der Waals surface area contributed by atoms with Crippen molar-refractivity contribution in [2.24, 2.45) is 0 Å². The third-order valence-electron chi connectivity index (χ3n) is 4.86. The number of benzene rings is 1. The number of carbonyl (C=O) groups excluding carboxylic acids is 1. The van der Waals surface area contributed by atoms with Crippen molar-refractivity contribution < 1.29 is 4.79 Å². The van der Waals surface area contributed by atoms with E-state index in [1.807, 2.05) is 12.1 Å². The Kier molecular flexibility index (Phi) is 4.51. The van der Waals surface area contributed by atoms with Crippen LogP contribution in [0.4, 0.5) is 0 Å². The minimum Gasteiger partial charge on any atom is -0.349 e. The molecule has 1 unspecified atom stereocenters. The molecule has 1 saturated heterocycles. The first-order valence-corrected chi connectivity index (χ1v) is 8.36. The summed E-state index contributed by atoms with van der Waals surface area (Å²) in [6.07, 6.45) is 8.52. The number of hydrogen-bond acceptors (Lipinski definition) is 2. The summed E-state index contributed by atoms with van der Waals surface area (Å²) in [5.41, 5.74) is 0.918. The Bertz CT molecular complexity index is 506. The maximum Gasteiger partial charge on any atom is 0.251 e. The molecule has 21 heavy (non-hydrogen) atoms. The molecular formula is C17H23ClN2O. The van der Waals surface area contributed by atoms with Crippen molar-refractivity contribution in [3.8, 4) is 0 Å². The van der Waals surface area contributed by atoms with Gasteiger partial charge in [-0.1, -0.05) is 36.9 Å². The van der Waals surface area contributed by atoms with E-state index in [2.05, 4.69) is 10.6 Å². The minimum atomic E-state index is -0.00430. The monoisotopic (exact) mass is 306 g/mol. The molecule has 3 nitrogen and oxygen atoms in total. The molecule has 2 fully saturated rings. The second-order valence-corrected chi connectivity index (χ2v) is 6.88. The molecule has 1 aromatic carbocycles. The molecule has 1 saturated carbocycles. The van der Waals surface area contributed by atoms with Crippen molar-refractivity contribution in [3.63, 3.8) is 0 Å². The van der Waals surface area contributed by atoms with Gasteiger partial charge in [-0.25, -0.2) is 0 Å². The highest BCUT2D eigenvalue weighted by Crippen LogP contribution is 2.34. The van der Waals surface area contributed by atoms with Crippen molar-refractivity contribution in [1.29, 1.82) is 0 Å². The quantitative estimate of drug-likeness (QED) is 0.877. The number of nitrogens with one attached hydrogen (secondary N) is 2. The van der Waals surface area contributed by atoms with Crippen LogP contribution in [0.15, 0.2) is 24.3 Å². The second-order valence-electron chi connectivity index (χ2n) is 6.44. The van der Waals surface area contributed by atoms with E-state index in [0.717, 1.165) is 19.4 Å². The molecule has 1 amide bonds. The number of piperidine rings is 1. The highest BCUT2D eigenvalue weighted by atomic mass is 35.5. The van der Waals surface area contributed by atoms with Crippen LogP contribution >= 0.6 is 11.6 Å². The van der Waals surface area contributed by atoms with Gasteiger partial charge in [0.1, 0.15) is 0 Å². The van der Waals surface area contributed by atoms with Crippen LogP contribution in [0.3, 0.4) is 0 Å². The van der Waals surface area contributed by atoms with Crippen molar-refractivity contribution in [3.05, 3.63) is 34.9 Å². The lowest BCUT2D eigenvalue weighted by molar-refractivity contribution is 0.0892. The normalized spacial score (nSPS) is 24.7. The summed E-state index contributed by atoms with van der Waals surface area (Å²) in [6, 6.07) is 7.44. The van der Waals surface area contributed by atoms with Crippen LogP contribution in [0.5, 0.6) is 0 Å². The predicted molar refractivity (Wildman–Crippen MR) is 85.8 cm³/mol. The molecule has 2 aliphatic rings. The van der Waals surface area contributed by atoms with Crippen molar-refractivity contribution in [1.82, 2.24) is 10.6 Å². The summed E-state index contributed by atoms with van der Waals surface area (Å²) in [5, 5.41) is 7.52. The molecule has 2 N–H and O–H groups in total. The van der Waals surface area contributed by atoms with Crippen LogP contribution in [0.1, 0.15) is 55.3 Å². The van der Waals surface area contributed by atoms with Gasteiger partial charge in [0.2, 0.25) is 0 Å². The van der Waals surface area contributed by atoms with Gasteiger partial charge in [0.05, 0.1) is 0 Å². The van der Waals surface area contributed by atoms with Gasteiger partial charge >= 0.3 is 0 Å². The molecule has 1 aliphatic carbocycles. The van der Waals surface area contributed by atoms with Gasteiger partial charge in [-0.05, 0) is 50.4 Å². The largest absolute Gasteiger partial charge is 0.349 e. The Labute approximate surface area is 131 Å². The van der Waals surface area contributed by atoms with Crippen molar-refractivity contribution >= 4 is 17.5 Å². The fourth-order valence-electron chi connectivity index (χ4n) is 3.79. The molecule has 3 rings (SSSR count). The molecule has 1 aliphatic heterocycles. The van der Waals surface area contributed by atoms with Gasteiger partial charge < -0.3 is 10.6 Å². The van der Waals surface area contributed by atoms with Crippen LogP contribution in [0.2, 0.25) is 5.02 Å². The molecule has 0 aromatic heterocycles. The van der Waals surface area contributed by atoms with Gasteiger partial charge in [0.25, 0.3) is 5.91 Å². The average Bonchev–Trinajstić information content (AvgIpc) is 2.48. The fourth-order valence-corrected chi connectivity index (χ4v) is 3.98. The molecule has 0 radical (unpaired) electrons. The van der Waals surface area contributed by atoms with Crippen LogP contribution in [-0.4, -0.2) is 24.0 Å². The average molecular weight is 307 g/mol. The summed E-state index contributed by atoms with van der Waals surface area (Å²) in [5.74, 6) is -0.00430. The lowest BCUT2D eigenvalue weighted by Crippen LogP contribution is -2.57. The topological polar surface area (TPSA) is 41.1 Å². The third-order valence-corrected chi connectivity index (χ3v) is 5.10. The van der Waals surface area contributed by atoms with E-state index >= 15 is 0 Å². The van der Waals surface area contributed by atoms with Gasteiger partial charge in [-0.15, -0.1) is 0 Å². The molecule has 4 heteroatoms. The lowest BCUT2D eigenvalue weighted by atomic mass is 9.75. The Morgan fingerprint density at radius 1 is 1.29 bits per heavy atom. The Balaban J connectivity index is 1.63. The van der Waals surface area contributed by atoms with Gasteiger partial charge in [-0.2, -0.15) is 0 Å². The smallest absolute Gasteiger partial charge is 0.251 e. The molecule has 1 atom stereocenters. The van der Waals surface area contributed by atoms with Gasteiger partial charge in [0, 0.05) is 22.2 Å². The van der Waals surface area contributed by atoms with E-state index in [9.17, 15) is 4.79 Å². The molecule has 1 spiro atoms. The van der Waals surface area contributed by atoms with Crippen LogP contribution < -0.4 is 10.6 Å². The number of amides is 1. The summed E-state index contributed by atoms with van der Waals surface area (Å²) in [4.78, 5) is 12.3. The third kappa shape index (κ3) is 3.58. The SMILES string of the molecule is O=C(NC1CCNC2(CCCCC2)C1)c1cccc(Cl)c1. The first kappa shape index (κ1) is 14.9. The number of rotatable bonds is 2. The van der Waals surface area contributed by atoms with E-state index in [0.29, 0.717) is 10.6 Å². The Morgan fingerprint density at radius 2 is 2.10 bits per heavy atom. The molecule has 1 aromatic rings. The number of hydrogen-bond donors (Lipinski definition) is 2. The van der Waals surface area contributed by atoms with Crippen LogP contribution in [-0.2, 0) is 0 Å². The van der Waals surface area contributed by atoms with Crippen LogP contribution in [0.25, 0.3) is 0 Å². The van der Waals surface area contributed by atoms with E-state index in [1.165, 1.54) is 32.1 Å². The highest BCUT2D eigenvalue weighted by Gasteiger charge is 2.37. The van der Waals surface area contributed by atoms with Crippen molar-refractivity contribution in [2.75, 3.05) is 6.54 Å². The minimum absolute atomic E-state index is 0.00430. The lowest BCUT2D eigenvalue weighted by Gasteiger charge is -2.44. The fraction of sp³-hybridized carbons (Fsp3) is 0.588. The summed E-state index contributed by atoms with van der Waals surface area (Å²) >= 11 is 5.96. The standard InChI is InChI=1S/C17H23ClN2O/c18-14-6-4-5-13(11-14)16(21)20-15-7-10-19-17(12-15)8-2-1-3-9-17/h4-6,11,15,19H,1-3,7-10,12H2,(H,20,21). The maximum atomic E-state index is 12.3. The second kappa shape index (κ2) is 6.37. The highest BCUT2D eigenvalue weighted by molar-refractivity contribution is 6.30. The summed E-state index contributed by atoms with van der Waals surface area (Å²) in [7, 11) is 0. The summed E-state index contributed by atoms with van der Waals surface area (Å²) in [6.45, 7) is 1.00. The van der Waals surface area contributed by atoms with Gasteiger partial charge in [0.15, 0.2) is 0 Å². The van der Waals surface area contributed by atoms with Crippen LogP contribution in [0, 0.1) is 0 Å². The maximum absolute atomic E-state index is 12.3. The first-order valence-electron chi connectivity index (χ1n) is 7.98. The Morgan fingerprint density at radius 3 is 2.86 bits per heavy atom. The number of halogens is 1. The molecule has 1 heterocycles. The van der Waals surface area contributed by atoms with E-state index in [-0.39, 0.29) is 17.5 Å². The zero-order valence-corrected chi connectivity index (χ0v) is 13.1. The van der Waals surface area contributed by atoms with Gasteiger partial charge in [-0.3, -0.25) is 4.79 Å². The van der Waals surface area contributed by atoms with E-state index in [4.69, 9.17) is 11.6 Å². The predicted octanol–water partition coefficient (Wildman–Crippen LogP) is 3.52.